The van der Waals surface area contributed by atoms with Gasteiger partial charge < -0.3 is 24.8 Å². The van der Waals surface area contributed by atoms with Gasteiger partial charge in [-0.3, -0.25) is 9.59 Å². The van der Waals surface area contributed by atoms with Gasteiger partial charge in [0.15, 0.2) is 6.61 Å². The molecule has 1 aliphatic heterocycles. The minimum Gasteiger partial charge on any atom is -0.482 e. The number of benzene rings is 3. The van der Waals surface area contributed by atoms with Crippen LogP contribution in [0.3, 0.4) is 0 Å². The number of nitrogens with zero attached hydrogens (tertiary/aromatic N) is 1. The number of amides is 2. The van der Waals surface area contributed by atoms with Crippen LogP contribution in [0.5, 0.6) is 5.75 Å². The Balaban J connectivity index is 1.48. The number of aliphatic hydroxyl groups is 1. The Hall–Kier alpha value is -3.59. The molecule has 0 bridgehead atoms. The molecular formula is C36H40Cl2N2O6. The molecule has 0 saturated heterocycles. The fraction of sp³-hybridized carbons (Fsp3) is 0.417. The van der Waals surface area contributed by atoms with Crippen LogP contribution in [0.1, 0.15) is 98.4 Å². The smallest absolute Gasteiger partial charge is 0.344 e. The van der Waals surface area contributed by atoms with Crippen molar-refractivity contribution in [2.45, 2.75) is 89.1 Å². The van der Waals surface area contributed by atoms with Crippen molar-refractivity contribution in [3.63, 3.8) is 0 Å². The van der Waals surface area contributed by atoms with Crippen LogP contribution >= 0.6 is 23.2 Å². The Bertz CT molecular complexity index is 1610. The van der Waals surface area contributed by atoms with Crippen molar-refractivity contribution < 1.29 is 29.0 Å². The van der Waals surface area contributed by atoms with Gasteiger partial charge in [-0.25, -0.2) is 4.79 Å². The maximum atomic E-state index is 14.5. The normalized spacial score (nSPS) is 22.1. The van der Waals surface area contributed by atoms with Crippen LogP contribution in [-0.4, -0.2) is 52.1 Å². The number of fused-ring (bicyclic) bond motifs is 1. The lowest BCUT2D eigenvalue weighted by Gasteiger charge is -2.48. The van der Waals surface area contributed by atoms with E-state index < -0.39 is 41.7 Å². The predicted molar refractivity (Wildman–Crippen MR) is 177 cm³/mol. The van der Waals surface area contributed by atoms with Gasteiger partial charge in [-0.2, -0.15) is 0 Å². The minimum absolute atomic E-state index is 0.246. The van der Waals surface area contributed by atoms with Gasteiger partial charge in [0.1, 0.15) is 11.4 Å². The van der Waals surface area contributed by atoms with Crippen LogP contribution in [-0.2, 0) is 14.3 Å². The summed E-state index contributed by atoms with van der Waals surface area (Å²) in [6.07, 6.45) is 2.16. The van der Waals surface area contributed by atoms with Gasteiger partial charge in [0.2, 0.25) is 5.91 Å². The Morgan fingerprint density at radius 2 is 1.74 bits per heavy atom. The molecule has 46 heavy (non-hydrogen) atoms. The number of hydrogen-bond acceptors (Lipinski definition) is 6. The molecule has 0 spiro atoms. The summed E-state index contributed by atoms with van der Waals surface area (Å²) >= 11 is 13.1. The van der Waals surface area contributed by atoms with E-state index in [-0.39, 0.29) is 18.4 Å². The van der Waals surface area contributed by atoms with E-state index in [0.717, 1.165) is 18.4 Å². The number of carbonyl (C=O) groups is 3. The summed E-state index contributed by atoms with van der Waals surface area (Å²) in [5.74, 6) is -1.41. The van der Waals surface area contributed by atoms with Gasteiger partial charge in [0.25, 0.3) is 5.91 Å². The fourth-order valence-corrected chi connectivity index (χ4v) is 6.98. The number of ether oxygens (including phenoxy) is 2. The first-order valence-corrected chi connectivity index (χ1v) is 16.4. The summed E-state index contributed by atoms with van der Waals surface area (Å²) in [7, 11) is 0. The van der Waals surface area contributed by atoms with Crippen LogP contribution in [0.2, 0.25) is 10.0 Å². The number of hydrogen-bond donors (Lipinski definition) is 2. The third-order valence-corrected chi connectivity index (χ3v) is 9.05. The topological polar surface area (TPSA) is 105 Å². The second-order valence-corrected chi connectivity index (χ2v) is 13.8. The van der Waals surface area contributed by atoms with Crippen LogP contribution in [0, 0.1) is 0 Å². The van der Waals surface area contributed by atoms with Crippen LogP contribution in [0.25, 0.3) is 0 Å². The Morgan fingerprint density at radius 3 is 2.46 bits per heavy atom. The molecule has 5 rings (SSSR count). The Morgan fingerprint density at radius 1 is 1.00 bits per heavy atom. The number of nitrogens with one attached hydrogen (secondary N) is 1. The summed E-state index contributed by atoms with van der Waals surface area (Å²) in [4.78, 5) is 42.6. The predicted octanol–water partition coefficient (Wildman–Crippen LogP) is 7.18. The molecular weight excluding hydrogens is 627 g/mol. The number of carbonyl (C=O) groups excluding carboxylic acids is 3. The molecule has 3 aromatic rings. The van der Waals surface area contributed by atoms with Crippen molar-refractivity contribution in [2.75, 3.05) is 6.61 Å². The summed E-state index contributed by atoms with van der Waals surface area (Å²) in [5.41, 5.74) is 1.73. The first kappa shape index (κ1) is 33.8. The largest absolute Gasteiger partial charge is 0.482 e. The number of halogens is 2. The number of rotatable bonds is 8. The fourth-order valence-electron chi connectivity index (χ4n) is 6.46. The average Bonchev–Trinajstić information content (AvgIpc) is 3.00. The molecule has 3 aromatic carbocycles. The Labute approximate surface area is 280 Å². The zero-order valence-corrected chi connectivity index (χ0v) is 28.0. The van der Waals surface area contributed by atoms with E-state index in [0.29, 0.717) is 45.3 Å². The molecule has 0 aromatic heterocycles. The number of esters is 1. The highest BCUT2D eigenvalue weighted by Gasteiger charge is 2.49. The van der Waals surface area contributed by atoms with E-state index >= 15 is 0 Å². The molecule has 244 valence electrons. The highest BCUT2D eigenvalue weighted by atomic mass is 35.5. The third kappa shape index (κ3) is 7.51. The molecule has 2 amide bonds. The quantitative estimate of drug-likeness (QED) is 0.247. The molecule has 1 heterocycles. The standard InChI is InChI=1S/C36H40Cl2N2O6/c1-21(22-10-9-11-24(18-22)45-20-31(42)46-36(2,3)4)39-34(43)32-25-12-5-6-13-26(25)35(44)40(29-14-7-8-15-30(29)41)33(32)27-17-16-23(37)19-28(27)38/h5-6,9-13,16-19,21,29-30,32-33,41H,7-8,14-15,20H2,1-4H3,(H,39,43)/t21?,29-,30?,32+,33-/m0/s1. The van der Waals surface area contributed by atoms with E-state index in [9.17, 15) is 19.5 Å². The zero-order valence-electron chi connectivity index (χ0n) is 26.5. The highest BCUT2D eigenvalue weighted by molar-refractivity contribution is 6.35. The van der Waals surface area contributed by atoms with Crippen molar-refractivity contribution in [2.24, 2.45) is 0 Å². The van der Waals surface area contributed by atoms with E-state index in [2.05, 4.69) is 5.32 Å². The van der Waals surface area contributed by atoms with Gasteiger partial charge >= 0.3 is 5.97 Å². The summed E-state index contributed by atoms with van der Waals surface area (Å²) in [6, 6.07) is 17.6. The summed E-state index contributed by atoms with van der Waals surface area (Å²) < 4.78 is 11.0. The lowest BCUT2D eigenvalue weighted by Crippen LogP contribution is -2.55. The van der Waals surface area contributed by atoms with E-state index in [1.807, 2.05) is 19.1 Å². The molecule has 5 atom stereocenters. The molecule has 2 unspecified atom stereocenters. The van der Waals surface area contributed by atoms with E-state index in [1.165, 1.54) is 0 Å². The van der Waals surface area contributed by atoms with Gasteiger partial charge in [-0.05, 0) is 87.6 Å². The van der Waals surface area contributed by atoms with Crippen molar-refractivity contribution in [1.82, 2.24) is 10.2 Å². The second kappa shape index (κ2) is 14.0. The summed E-state index contributed by atoms with van der Waals surface area (Å²) in [6.45, 7) is 6.98. The molecule has 0 radical (unpaired) electrons. The van der Waals surface area contributed by atoms with Crippen LogP contribution in [0.15, 0.2) is 66.7 Å². The lowest BCUT2D eigenvalue weighted by molar-refractivity contribution is -0.157. The van der Waals surface area contributed by atoms with Gasteiger partial charge in [-0.1, -0.05) is 72.4 Å². The van der Waals surface area contributed by atoms with Crippen molar-refractivity contribution >= 4 is 41.0 Å². The molecule has 2 N–H and O–H groups in total. The van der Waals surface area contributed by atoms with Crippen molar-refractivity contribution in [3.8, 4) is 5.75 Å². The maximum Gasteiger partial charge on any atom is 0.344 e. The molecule has 1 saturated carbocycles. The first-order valence-electron chi connectivity index (χ1n) is 15.6. The minimum atomic E-state index is -0.837. The second-order valence-electron chi connectivity index (χ2n) is 13.0. The first-order chi connectivity index (χ1) is 21.8. The SMILES string of the molecule is CC(NC(=O)[C@@H]1c2ccccc2C(=O)N([C@H]2CCCCC2O)[C@H]1c1ccc(Cl)cc1Cl)c1cccc(OCC(=O)OC(C)(C)C)c1. The molecule has 1 fully saturated rings. The number of aliphatic hydroxyl groups excluding tert-OH is 1. The highest BCUT2D eigenvalue weighted by Crippen LogP contribution is 2.48. The lowest BCUT2D eigenvalue weighted by atomic mass is 9.76. The summed E-state index contributed by atoms with van der Waals surface area (Å²) in [5, 5.41) is 15.1. The molecule has 8 nitrogen and oxygen atoms in total. The van der Waals surface area contributed by atoms with Gasteiger partial charge in [0, 0.05) is 15.6 Å². The zero-order chi connectivity index (χ0) is 33.2. The maximum absolute atomic E-state index is 14.5. The van der Waals surface area contributed by atoms with Crippen LogP contribution in [0.4, 0.5) is 0 Å². The van der Waals surface area contributed by atoms with Gasteiger partial charge in [0.05, 0.1) is 30.1 Å². The van der Waals surface area contributed by atoms with Gasteiger partial charge in [-0.15, -0.1) is 0 Å². The molecule has 10 heteroatoms. The van der Waals surface area contributed by atoms with Crippen molar-refractivity contribution in [3.05, 3.63) is 99.0 Å². The van der Waals surface area contributed by atoms with Crippen molar-refractivity contribution in [1.29, 1.82) is 0 Å². The third-order valence-electron chi connectivity index (χ3n) is 8.48. The monoisotopic (exact) mass is 666 g/mol. The molecule has 1 aliphatic carbocycles. The van der Waals surface area contributed by atoms with Crippen LogP contribution < -0.4 is 10.1 Å². The average molecular weight is 668 g/mol. The Kier molecular flexibility index (Phi) is 10.3. The molecule has 2 aliphatic rings. The van der Waals surface area contributed by atoms with E-state index in [4.69, 9.17) is 32.7 Å². The van der Waals surface area contributed by atoms with E-state index in [1.54, 1.807) is 80.3 Å².